The van der Waals surface area contributed by atoms with E-state index in [1.54, 1.807) is 11.3 Å². The van der Waals surface area contributed by atoms with Gasteiger partial charge >= 0.3 is 0 Å². The van der Waals surface area contributed by atoms with Crippen LogP contribution in [0.5, 0.6) is 0 Å². The monoisotopic (exact) mass is 450 g/mol. The zero-order valence-corrected chi connectivity index (χ0v) is 18.5. The number of nitrogens with two attached hydrogens (primary N) is 1. The average molecular weight is 451 g/mol. The molecule has 162 valence electrons. The van der Waals surface area contributed by atoms with Crippen molar-refractivity contribution in [3.63, 3.8) is 0 Å². The van der Waals surface area contributed by atoms with Crippen molar-refractivity contribution in [3.05, 3.63) is 16.2 Å². The van der Waals surface area contributed by atoms with Gasteiger partial charge in [-0.15, -0.1) is 11.3 Å². The van der Waals surface area contributed by atoms with Gasteiger partial charge in [0.15, 0.2) is 5.82 Å². The van der Waals surface area contributed by atoms with E-state index in [2.05, 4.69) is 30.7 Å². The summed E-state index contributed by atoms with van der Waals surface area (Å²) >= 11 is 7.94. The minimum atomic E-state index is -0.180. The minimum absolute atomic E-state index is 0.105. The summed E-state index contributed by atoms with van der Waals surface area (Å²) < 4.78 is 6.54. The topological polar surface area (TPSA) is 87.8 Å². The molecular formula is C20H27ClN6O2S. The van der Waals surface area contributed by atoms with Crippen LogP contribution in [0.4, 0.5) is 5.82 Å². The van der Waals surface area contributed by atoms with E-state index in [0.717, 1.165) is 61.7 Å². The minimum Gasteiger partial charge on any atom is -0.378 e. The van der Waals surface area contributed by atoms with Crippen LogP contribution in [-0.2, 0) is 16.1 Å². The summed E-state index contributed by atoms with van der Waals surface area (Å²) in [5, 5.41) is 0.275. The first-order chi connectivity index (χ1) is 14.6. The molecule has 2 N–H and O–H groups in total. The van der Waals surface area contributed by atoms with E-state index < -0.39 is 0 Å². The number of hydrogen-bond acceptors (Lipinski definition) is 8. The van der Waals surface area contributed by atoms with E-state index in [1.807, 2.05) is 0 Å². The van der Waals surface area contributed by atoms with Crippen LogP contribution in [0.25, 0.3) is 10.2 Å². The third-order valence-electron chi connectivity index (χ3n) is 6.45. The normalized spacial score (nSPS) is 26.1. The number of amides is 1. The van der Waals surface area contributed by atoms with E-state index in [4.69, 9.17) is 22.1 Å². The number of morpholine rings is 1. The van der Waals surface area contributed by atoms with Crippen molar-refractivity contribution < 1.29 is 9.53 Å². The third kappa shape index (κ3) is 4.01. The molecular weight excluding hydrogens is 424 g/mol. The van der Waals surface area contributed by atoms with Gasteiger partial charge in [0.2, 0.25) is 11.2 Å². The van der Waals surface area contributed by atoms with Crippen LogP contribution >= 0.6 is 22.9 Å². The summed E-state index contributed by atoms with van der Waals surface area (Å²) in [6.45, 7) is 7.67. The number of halogens is 1. The average Bonchev–Trinajstić information content (AvgIpc) is 3.09. The molecule has 10 heteroatoms. The standard InChI is InChI=1S/C20H27ClN6O2S/c21-20-23-15-10-13(30-17(15)19(24-20)27-6-8-29-9-7-27)11-25-5-2-16(26-3-1-4-26)14(12-25)18(22)28/h10,14,16H,1-9,11-12H2,(H2,22,28). The van der Waals surface area contributed by atoms with Gasteiger partial charge < -0.3 is 15.4 Å². The highest BCUT2D eigenvalue weighted by Gasteiger charge is 2.38. The van der Waals surface area contributed by atoms with Gasteiger partial charge in [0.1, 0.15) is 0 Å². The van der Waals surface area contributed by atoms with Gasteiger partial charge in [0, 0.05) is 43.6 Å². The Balaban J connectivity index is 1.34. The van der Waals surface area contributed by atoms with Crippen LogP contribution in [0.1, 0.15) is 17.7 Å². The van der Waals surface area contributed by atoms with Crippen molar-refractivity contribution in [2.24, 2.45) is 11.7 Å². The van der Waals surface area contributed by atoms with Crippen molar-refractivity contribution in [2.45, 2.75) is 25.4 Å². The second-order valence-electron chi connectivity index (χ2n) is 8.33. The first-order valence-corrected chi connectivity index (χ1v) is 11.8. The lowest BCUT2D eigenvalue weighted by Crippen LogP contribution is -2.58. The van der Waals surface area contributed by atoms with E-state index in [-0.39, 0.29) is 17.1 Å². The second kappa shape index (κ2) is 8.55. The van der Waals surface area contributed by atoms with Crippen molar-refractivity contribution in [2.75, 3.05) is 57.4 Å². The highest BCUT2D eigenvalue weighted by Crippen LogP contribution is 2.35. The number of piperidine rings is 1. The van der Waals surface area contributed by atoms with Crippen LogP contribution in [0.15, 0.2) is 6.07 Å². The number of fused-ring (bicyclic) bond motifs is 1. The van der Waals surface area contributed by atoms with Gasteiger partial charge in [0.25, 0.3) is 0 Å². The Morgan fingerprint density at radius 3 is 2.73 bits per heavy atom. The largest absolute Gasteiger partial charge is 0.378 e. The predicted molar refractivity (Wildman–Crippen MR) is 118 cm³/mol. The van der Waals surface area contributed by atoms with Crippen LogP contribution < -0.4 is 10.6 Å². The van der Waals surface area contributed by atoms with Crippen LogP contribution in [0.3, 0.4) is 0 Å². The fraction of sp³-hybridized carbons (Fsp3) is 0.650. The molecule has 5 heterocycles. The Hall–Kier alpha value is -1.52. The lowest BCUT2D eigenvalue weighted by Gasteiger charge is -2.46. The van der Waals surface area contributed by atoms with Gasteiger partial charge in [-0.05, 0) is 43.6 Å². The molecule has 0 spiro atoms. The quantitative estimate of drug-likeness (QED) is 0.691. The van der Waals surface area contributed by atoms with Gasteiger partial charge in [-0.3, -0.25) is 14.6 Å². The van der Waals surface area contributed by atoms with Gasteiger partial charge in [-0.1, -0.05) is 0 Å². The highest BCUT2D eigenvalue weighted by molar-refractivity contribution is 7.19. The number of carbonyl (C=O) groups excluding carboxylic acids is 1. The van der Waals surface area contributed by atoms with Crippen molar-refractivity contribution in [3.8, 4) is 0 Å². The molecule has 2 aromatic heterocycles. The summed E-state index contributed by atoms with van der Waals surface area (Å²) in [6.07, 6.45) is 2.21. The molecule has 3 saturated heterocycles. The van der Waals surface area contributed by atoms with Gasteiger partial charge in [-0.25, -0.2) is 4.98 Å². The molecule has 5 rings (SSSR count). The number of aromatic nitrogens is 2. The second-order valence-corrected chi connectivity index (χ2v) is 9.81. The number of likely N-dealkylation sites (tertiary alicyclic amines) is 2. The fourth-order valence-electron chi connectivity index (χ4n) is 4.76. The van der Waals surface area contributed by atoms with Gasteiger partial charge in [-0.2, -0.15) is 4.98 Å². The van der Waals surface area contributed by atoms with Crippen LogP contribution in [-0.4, -0.2) is 84.2 Å². The number of primary amides is 1. The lowest BCUT2D eigenvalue weighted by molar-refractivity contribution is -0.127. The van der Waals surface area contributed by atoms with E-state index >= 15 is 0 Å². The molecule has 3 fully saturated rings. The molecule has 30 heavy (non-hydrogen) atoms. The number of rotatable bonds is 5. The lowest BCUT2D eigenvalue weighted by atomic mass is 9.88. The summed E-state index contributed by atoms with van der Waals surface area (Å²) in [4.78, 5) is 29.3. The van der Waals surface area contributed by atoms with E-state index in [0.29, 0.717) is 25.8 Å². The SMILES string of the molecule is NC(=O)C1CN(Cc2cc3nc(Cl)nc(N4CCOCC4)c3s2)CCC1N1CCC1. The van der Waals surface area contributed by atoms with Crippen molar-refractivity contribution in [1.29, 1.82) is 0 Å². The summed E-state index contributed by atoms with van der Waals surface area (Å²) in [6, 6.07) is 2.41. The fourth-order valence-corrected chi connectivity index (χ4v) is 6.09. The maximum absolute atomic E-state index is 12.1. The summed E-state index contributed by atoms with van der Waals surface area (Å²) in [7, 11) is 0. The molecule has 0 aromatic carbocycles. The molecule has 3 aliphatic rings. The predicted octanol–water partition coefficient (Wildman–Crippen LogP) is 1.56. The number of hydrogen-bond donors (Lipinski definition) is 1. The molecule has 0 bridgehead atoms. The summed E-state index contributed by atoms with van der Waals surface area (Å²) in [5.41, 5.74) is 6.66. The Kier molecular flexibility index (Phi) is 5.81. The molecule has 0 radical (unpaired) electrons. The number of carbonyl (C=O) groups is 1. The highest BCUT2D eigenvalue weighted by atomic mass is 35.5. The molecule has 2 aromatic rings. The Morgan fingerprint density at radius 2 is 2.03 bits per heavy atom. The summed E-state index contributed by atoms with van der Waals surface area (Å²) in [5.74, 6) is 0.614. The molecule has 1 amide bonds. The molecule has 2 atom stereocenters. The zero-order chi connectivity index (χ0) is 20.7. The number of thiophene rings is 1. The van der Waals surface area contributed by atoms with Gasteiger partial charge in [0.05, 0.1) is 29.3 Å². The van der Waals surface area contributed by atoms with Crippen LogP contribution in [0.2, 0.25) is 5.28 Å². The van der Waals surface area contributed by atoms with Crippen molar-refractivity contribution >= 4 is 44.9 Å². The number of ether oxygens (including phenoxy) is 1. The zero-order valence-electron chi connectivity index (χ0n) is 16.9. The van der Waals surface area contributed by atoms with E-state index in [1.165, 1.54) is 11.3 Å². The number of nitrogens with zero attached hydrogens (tertiary/aromatic N) is 5. The van der Waals surface area contributed by atoms with Crippen molar-refractivity contribution in [1.82, 2.24) is 19.8 Å². The first-order valence-electron chi connectivity index (χ1n) is 10.6. The third-order valence-corrected chi connectivity index (χ3v) is 7.73. The molecule has 8 nitrogen and oxygen atoms in total. The maximum atomic E-state index is 12.1. The Bertz CT molecular complexity index is 929. The first kappa shape index (κ1) is 20.4. The number of anilines is 1. The van der Waals surface area contributed by atoms with E-state index in [9.17, 15) is 4.79 Å². The smallest absolute Gasteiger partial charge is 0.224 e. The Labute approximate surface area is 184 Å². The molecule has 0 aliphatic carbocycles. The maximum Gasteiger partial charge on any atom is 0.224 e. The molecule has 3 aliphatic heterocycles. The van der Waals surface area contributed by atoms with Crippen LogP contribution in [0, 0.1) is 5.92 Å². The Morgan fingerprint density at radius 1 is 1.23 bits per heavy atom. The molecule has 0 saturated carbocycles. The molecule has 2 unspecified atom stereocenters.